The van der Waals surface area contributed by atoms with Gasteiger partial charge in [0.15, 0.2) is 6.23 Å². The third-order valence-corrected chi connectivity index (χ3v) is 5.20. The number of carbonyl (C=O) groups excluding carboxylic acids is 1. The van der Waals surface area contributed by atoms with Gasteiger partial charge in [-0.1, -0.05) is 47.5 Å². The molecule has 4 nitrogen and oxygen atoms in total. The topological polar surface area (TPSA) is 32.8 Å². The zero-order valence-corrected chi connectivity index (χ0v) is 15.7. The van der Waals surface area contributed by atoms with Crippen LogP contribution in [-0.4, -0.2) is 37.9 Å². The van der Waals surface area contributed by atoms with Gasteiger partial charge in [0.25, 0.3) is 0 Å². The number of rotatable bonds is 3. The van der Waals surface area contributed by atoms with Gasteiger partial charge in [0.1, 0.15) is 0 Å². The van der Waals surface area contributed by atoms with Gasteiger partial charge in [-0.3, -0.25) is 9.80 Å². The van der Waals surface area contributed by atoms with E-state index in [1.807, 2.05) is 37.4 Å². The molecule has 2 aromatic rings. The quantitative estimate of drug-likeness (QED) is 0.727. The molecule has 1 saturated heterocycles. The van der Waals surface area contributed by atoms with Gasteiger partial charge in [-0.15, -0.1) is 0 Å². The zero-order valence-electron chi connectivity index (χ0n) is 14.2. The average Bonchev–Trinajstić information content (AvgIpc) is 3.01. The first-order chi connectivity index (χ1) is 12.0. The third-order valence-electron chi connectivity index (χ3n) is 4.46. The molecule has 1 aliphatic rings. The molecule has 1 atom stereocenters. The fourth-order valence-corrected chi connectivity index (χ4v) is 3.29. The molecular formula is C19H20Cl2N2O2. The molecule has 0 spiro atoms. The summed E-state index contributed by atoms with van der Waals surface area (Å²) in [7, 11) is 3.68. The zero-order chi connectivity index (χ0) is 18.0. The number of benzene rings is 2. The van der Waals surface area contributed by atoms with Crippen LogP contribution in [-0.2, 0) is 4.74 Å². The molecule has 0 radical (unpaired) electrons. The van der Waals surface area contributed by atoms with E-state index in [1.165, 1.54) is 4.90 Å². The highest BCUT2D eigenvalue weighted by Gasteiger charge is 2.27. The highest BCUT2D eigenvalue weighted by atomic mass is 35.5. The minimum atomic E-state index is -0.369. The Morgan fingerprint density at radius 3 is 2.64 bits per heavy atom. The lowest BCUT2D eigenvalue weighted by Gasteiger charge is -2.25. The molecule has 3 rings (SSSR count). The summed E-state index contributed by atoms with van der Waals surface area (Å²) in [6.07, 6.45) is 1.38. The van der Waals surface area contributed by atoms with Crippen molar-refractivity contribution < 1.29 is 9.53 Å². The Morgan fingerprint density at radius 2 is 1.96 bits per heavy atom. The Kier molecular flexibility index (Phi) is 5.52. The predicted octanol–water partition coefficient (Wildman–Crippen LogP) is 5.28. The van der Waals surface area contributed by atoms with E-state index in [9.17, 15) is 4.79 Å². The molecule has 25 heavy (non-hydrogen) atoms. The number of halogens is 2. The summed E-state index contributed by atoms with van der Waals surface area (Å²) < 4.78 is 5.64. The van der Waals surface area contributed by atoms with Crippen molar-refractivity contribution in [1.82, 2.24) is 4.90 Å². The highest BCUT2D eigenvalue weighted by Crippen LogP contribution is 2.34. The lowest BCUT2D eigenvalue weighted by molar-refractivity contribution is 0.0315. The number of hydrogen-bond acceptors (Lipinski definition) is 3. The van der Waals surface area contributed by atoms with E-state index < -0.39 is 0 Å². The van der Waals surface area contributed by atoms with E-state index in [2.05, 4.69) is 4.90 Å². The van der Waals surface area contributed by atoms with Crippen molar-refractivity contribution >= 4 is 35.0 Å². The number of nitrogens with zero attached hydrogens (tertiary/aromatic N) is 2. The maximum absolute atomic E-state index is 12.6. The number of likely N-dealkylation sites (tertiary alicyclic amines) is 1. The van der Waals surface area contributed by atoms with Crippen molar-refractivity contribution in [2.45, 2.75) is 19.1 Å². The molecule has 6 heteroatoms. The van der Waals surface area contributed by atoms with Gasteiger partial charge >= 0.3 is 6.09 Å². The van der Waals surface area contributed by atoms with Gasteiger partial charge < -0.3 is 4.74 Å². The fourth-order valence-electron chi connectivity index (χ4n) is 3.00. The standard InChI is InChI=1S/C19H20Cl2N2O2/c1-22-11-5-8-18(22)25-19(24)23(2)17-7-4-3-6-14(17)13-9-10-15(20)16(21)12-13/h3-4,6-7,9-10,12,18H,5,8,11H2,1-2H3/t18-/m0/s1. The van der Waals surface area contributed by atoms with Crippen molar-refractivity contribution in [3.8, 4) is 11.1 Å². The number of para-hydroxylation sites is 1. The minimum absolute atomic E-state index is 0.160. The molecule has 1 aliphatic heterocycles. The van der Waals surface area contributed by atoms with Crippen molar-refractivity contribution in [2.75, 3.05) is 25.5 Å². The molecule has 0 bridgehead atoms. The van der Waals surface area contributed by atoms with Gasteiger partial charge in [-0.25, -0.2) is 4.79 Å². The van der Waals surface area contributed by atoms with E-state index in [0.717, 1.165) is 36.2 Å². The Bertz CT molecular complexity index is 782. The summed E-state index contributed by atoms with van der Waals surface area (Å²) in [5, 5.41) is 0.978. The van der Waals surface area contributed by atoms with Crippen LogP contribution in [0.2, 0.25) is 10.0 Å². The second-order valence-corrected chi connectivity index (χ2v) is 6.98. The van der Waals surface area contributed by atoms with Crippen LogP contribution >= 0.6 is 23.2 Å². The van der Waals surface area contributed by atoms with Gasteiger partial charge in [-0.05, 0) is 43.7 Å². The minimum Gasteiger partial charge on any atom is -0.430 e. The molecule has 1 amide bonds. The lowest BCUT2D eigenvalue weighted by atomic mass is 10.0. The van der Waals surface area contributed by atoms with Crippen LogP contribution in [0.25, 0.3) is 11.1 Å². The van der Waals surface area contributed by atoms with Crippen molar-refractivity contribution in [3.63, 3.8) is 0 Å². The Hall–Kier alpha value is -1.75. The van der Waals surface area contributed by atoms with Crippen LogP contribution in [0.15, 0.2) is 42.5 Å². The molecule has 1 heterocycles. The normalized spacial score (nSPS) is 17.5. The van der Waals surface area contributed by atoms with E-state index in [1.54, 1.807) is 19.2 Å². The number of ether oxygens (including phenoxy) is 1. The smallest absolute Gasteiger partial charge is 0.415 e. The van der Waals surface area contributed by atoms with Gasteiger partial charge in [0.2, 0.25) is 0 Å². The van der Waals surface area contributed by atoms with E-state index in [4.69, 9.17) is 27.9 Å². The fraction of sp³-hybridized carbons (Fsp3) is 0.316. The SMILES string of the molecule is CN(C(=O)O[C@H]1CCCN1C)c1ccccc1-c1ccc(Cl)c(Cl)c1. The van der Waals surface area contributed by atoms with E-state index >= 15 is 0 Å². The third kappa shape index (κ3) is 3.92. The van der Waals surface area contributed by atoms with Crippen molar-refractivity contribution in [1.29, 1.82) is 0 Å². The number of carbonyl (C=O) groups is 1. The molecule has 0 aliphatic carbocycles. The van der Waals surface area contributed by atoms with E-state index in [-0.39, 0.29) is 12.3 Å². The maximum atomic E-state index is 12.6. The highest BCUT2D eigenvalue weighted by molar-refractivity contribution is 6.42. The molecular weight excluding hydrogens is 359 g/mol. The van der Waals surface area contributed by atoms with Crippen LogP contribution in [0.5, 0.6) is 0 Å². The lowest BCUT2D eigenvalue weighted by Crippen LogP contribution is -2.36. The molecule has 0 N–H and O–H groups in total. The van der Waals surface area contributed by atoms with Crippen LogP contribution in [0.1, 0.15) is 12.8 Å². The summed E-state index contributed by atoms with van der Waals surface area (Å²) in [6.45, 7) is 0.946. The van der Waals surface area contributed by atoms with Crippen molar-refractivity contribution in [3.05, 3.63) is 52.5 Å². The van der Waals surface area contributed by atoms with Crippen LogP contribution in [0.3, 0.4) is 0 Å². The summed E-state index contributed by atoms with van der Waals surface area (Å²) in [6, 6.07) is 13.1. The monoisotopic (exact) mass is 378 g/mol. The first kappa shape index (κ1) is 18.1. The Balaban J connectivity index is 1.86. The summed E-state index contributed by atoms with van der Waals surface area (Å²) >= 11 is 12.2. The summed E-state index contributed by atoms with van der Waals surface area (Å²) in [5.41, 5.74) is 2.54. The molecule has 2 aromatic carbocycles. The van der Waals surface area contributed by atoms with Crippen LogP contribution < -0.4 is 4.90 Å². The first-order valence-electron chi connectivity index (χ1n) is 8.16. The molecule has 1 fully saturated rings. The maximum Gasteiger partial charge on any atom is 0.415 e. The van der Waals surface area contributed by atoms with Crippen LogP contribution in [0, 0.1) is 0 Å². The Morgan fingerprint density at radius 1 is 1.20 bits per heavy atom. The molecule has 0 saturated carbocycles. The number of amides is 1. The molecule has 0 unspecified atom stereocenters. The summed E-state index contributed by atoms with van der Waals surface area (Å²) in [4.78, 5) is 16.2. The van der Waals surface area contributed by atoms with Gasteiger partial charge in [-0.2, -0.15) is 0 Å². The second-order valence-electron chi connectivity index (χ2n) is 6.17. The second kappa shape index (κ2) is 7.65. The predicted molar refractivity (Wildman–Crippen MR) is 102 cm³/mol. The molecule has 132 valence electrons. The first-order valence-corrected chi connectivity index (χ1v) is 8.92. The Labute approximate surface area is 157 Å². The van der Waals surface area contributed by atoms with E-state index in [0.29, 0.717) is 10.0 Å². The average molecular weight is 379 g/mol. The number of hydrogen-bond donors (Lipinski definition) is 0. The van der Waals surface area contributed by atoms with Gasteiger partial charge in [0, 0.05) is 19.2 Å². The van der Waals surface area contributed by atoms with Crippen molar-refractivity contribution in [2.24, 2.45) is 0 Å². The molecule has 0 aromatic heterocycles. The summed E-state index contributed by atoms with van der Waals surface area (Å²) in [5.74, 6) is 0. The van der Waals surface area contributed by atoms with Crippen LogP contribution in [0.4, 0.5) is 10.5 Å². The largest absolute Gasteiger partial charge is 0.430 e. The number of anilines is 1. The van der Waals surface area contributed by atoms with Gasteiger partial charge in [0.05, 0.1) is 15.7 Å².